The van der Waals surface area contributed by atoms with Crippen LogP contribution >= 0.6 is 0 Å². The maximum absolute atomic E-state index is 4.62. The largest absolute Gasteiger partial charge is 0.332 e. The van der Waals surface area contributed by atoms with Crippen LogP contribution in [0.2, 0.25) is 0 Å². The highest BCUT2D eigenvalue weighted by atomic mass is 15.1. The highest BCUT2D eigenvalue weighted by molar-refractivity contribution is 5.03. The molecule has 0 spiro atoms. The first-order valence-corrected chi connectivity index (χ1v) is 7.64. The summed E-state index contributed by atoms with van der Waals surface area (Å²) in [6.45, 7) is 11.5. The molecule has 0 saturated carbocycles. The minimum Gasteiger partial charge on any atom is -0.332 e. The average Bonchev–Trinajstić information content (AvgIpc) is 2.79. The third-order valence-electron chi connectivity index (χ3n) is 3.98. The highest BCUT2D eigenvalue weighted by Gasteiger charge is 2.20. The molecule has 0 aromatic carbocycles. The van der Waals surface area contributed by atoms with Crippen molar-refractivity contribution in [1.82, 2.24) is 9.55 Å². The molecule has 2 atom stereocenters. The molecule has 104 valence electrons. The van der Waals surface area contributed by atoms with Gasteiger partial charge in [-0.3, -0.25) is 0 Å². The molecular weight excluding hydrogens is 220 g/mol. The van der Waals surface area contributed by atoms with Crippen LogP contribution in [0.3, 0.4) is 0 Å². The Balaban J connectivity index is 2.74. The van der Waals surface area contributed by atoms with E-state index in [1.165, 1.54) is 37.9 Å². The zero-order valence-electron chi connectivity index (χ0n) is 12.8. The monoisotopic (exact) mass is 250 g/mol. The fourth-order valence-corrected chi connectivity index (χ4v) is 2.77. The summed E-state index contributed by atoms with van der Waals surface area (Å²) < 4.78 is 2.41. The summed E-state index contributed by atoms with van der Waals surface area (Å²) in [5.41, 5.74) is 0. The summed E-state index contributed by atoms with van der Waals surface area (Å²) in [7, 11) is 0. The van der Waals surface area contributed by atoms with E-state index in [9.17, 15) is 0 Å². The molecule has 0 aliphatic rings. The fourth-order valence-electron chi connectivity index (χ4n) is 2.77. The van der Waals surface area contributed by atoms with Crippen LogP contribution in [0.15, 0.2) is 12.4 Å². The van der Waals surface area contributed by atoms with Gasteiger partial charge in [-0.2, -0.15) is 0 Å². The van der Waals surface area contributed by atoms with Gasteiger partial charge in [-0.25, -0.2) is 4.98 Å². The van der Waals surface area contributed by atoms with E-state index in [0.717, 1.165) is 0 Å². The van der Waals surface area contributed by atoms with Crippen LogP contribution in [0.25, 0.3) is 0 Å². The smallest absolute Gasteiger partial charge is 0.112 e. The predicted molar refractivity (Wildman–Crippen MR) is 79.0 cm³/mol. The summed E-state index contributed by atoms with van der Waals surface area (Å²) >= 11 is 0. The lowest BCUT2D eigenvalue weighted by Crippen LogP contribution is -2.15. The van der Waals surface area contributed by atoms with Gasteiger partial charge in [-0.1, -0.05) is 47.0 Å². The minimum absolute atomic E-state index is 0.585. The summed E-state index contributed by atoms with van der Waals surface area (Å²) in [5.74, 6) is 2.55. The molecule has 0 saturated heterocycles. The second kappa shape index (κ2) is 7.60. The molecule has 2 unspecified atom stereocenters. The molecule has 0 N–H and O–H groups in total. The maximum atomic E-state index is 4.62. The van der Waals surface area contributed by atoms with Crippen molar-refractivity contribution in [3.63, 3.8) is 0 Å². The summed E-state index contributed by atoms with van der Waals surface area (Å²) in [6.07, 6.45) is 10.5. The van der Waals surface area contributed by atoms with Gasteiger partial charge in [0.1, 0.15) is 5.82 Å². The molecule has 1 rings (SSSR count). The van der Waals surface area contributed by atoms with E-state index in [2.05, 4.69) is 50.4 Å². The van der Waals surface area contributed by atoms with Gasteiger partial charge in [-0.15, -0.1) is 0 Å². The average molecular weight is 250 g/mol. The lowest BCUT2D eigenvalue weighted by Gasteiger charge is -2.23. The van der Waals surface area contributed by atoms with Crippen LogP contribution in [0.5, 0.6) is 0 Å². The van der Waals surface area contributed by atoms with E-state index in [4.69, 9.17) is 0 Å². The molecule has 2 heteroatoms. The van der Waals surface area contributed by atoms with Gasteiger partial charge in [0.25, 0.3) is 0 Å². The van der Waals surface area contributed by atoms with Gasteiger partial charge in [0, 0.05) is 24.4 Å². The highest BCUT2D eigenvalue weighted by Crippen LogP contribution is 2.29. The van der Waals surface area contributed by atoms with Crippen molar-refractivity contribution in [3.05, 3.63) is 18.2 Å². The first-order valence-electron chi connectivity index (χ1n) is 7.64. The molecule has 0 bridgehead atoms. The first-order chi connectivity index (χ1) is 8.61. The van der Waals surface area contributed by atoms with Crippen molar-refractivity contribution in [2.45, 2.75) is 78.7 Å². The van der Waals surface area contributed by atoms with Gasteiger partial charge >= 0.3 is 0 Å². The van der Waals surface area contributed by atoms with Crippen LogP contribution < -0.4 is 0 Å². The van der Waals surface area contributed by atoms with Crippen molar-refractivity contribution in [1.29, 1.82) is 0 Å². The van der Waals surface area contributed by atoms with Gasteiger partial charge < -0.3 is 4.57 Å². The molecule has 0 radical (unpaired) electrons. The van der Waals surface area contributed by atoms with E-state index >= 15 is 0 Å². The molecule has 18 heavy (non-hydrogen) atoms. The number of aromatic nitrogens is 2. The Bertz CT molecular complexity index is 328. The Hall–Kier alpha value is -0.790. The van der Waals surface area contributed by atoms with E-state index in [1.807, 2.05) is 6.20 Å². The lowest BCUT2D eigenvalue weighted by molar-refractivity contribution is 0.402. The lowest BCUT2D eigenvalue weighted by atomic mass is 9.92. The number of unbranched alkanes of at least 4 members (excludes halogenated alkanes) is 2. The Labute approximate surface area is 113 Å². The van der Waals surface area contributed by atoms with E-state index < -0.39 is 0 Å². The number of imidazole rings is 1. The Morgan fingerprint density at radius 1 is 1.17 bits per heavy atom. The Morgan fingerprint density at radius 3 is 2.44 bits per heavy atom. The quantitative estimate of drug-likeness (QED) is 0.582. The molecule has 0 amide bonds. The third kappa shape index (κ3) is 3.86. The number of hydrogen-bond donors (Lipinski definition) is 0. The predicted octanol–water partition coefficient (Wildman–Crippen LogP) is 5.17. The molecule has 1 aromatic rings. The first kappa shape index (κ1) is 15.3. The second-order valence-electron chi connectivity index (χ2n) is 5.80. The van der Waals surface area contributed by atoms with Gasteiger partial charge in [-0.05, 0) is 25.7 Å². The van der Waals surface area contributed by atoms with Gasteiger partial charge in [0.15, 0.2) is 0 Å². The summed E-state index contributed by atoms with van der Waals surface area (Å²) in [5, 5.41) is 0. The summed E-state index contributed by atoms with van der Waals surface area (Å²) in [6, 6.07) is 0.585. The number of nitrogens with zero attached hydrogens (tertiary/aromatic N) is 2. The zero-order chi connectivity index (χ0) is 13.5. The van der Waals surface area contributed by atoms with E-state index in [-0.39, 0.29) is 0 Å². The maximum Gasteiger partial charge on any atom is 0.112 e. The topological polar surface area (TPSA) is 17.8 Å². The Kier molecular flexibility index (Phi) is 6.45. The van der Waals surface area contributed by atoms with Crippen molar-refractivity contribution >= 4 is 0 Å². The molecule has 1 aromatic heterocycles. The molecule has 0 aliphatic heterocycles. The number of rotatable bonds is 8. The number of hydrogen-bond acceptors (Lipinski definition) is 1. The van der Waals surface area contributed by atoms with Crippen molar-refractivity contribution in [2.24, 2.45) is 5.92 Å². The molecule has 1 heterocycles. The molecule has 0 aliphatic carbocycles. The van der Waals surface area contributed by atoms with Crippen molar-refractivity contribution in [3.8, 4) is 0 Å². The van der Waals surface area contributed by atoms with Gasteiger partial charge in [0.05, 0.1) is 0 Å². The standard InChI is InChI=1S/C16H30N2/c1-6-8-9-10-14(5)18-12-11-17-16(18)15(7-2)13(3)4/h11-15H,6-10H2,1-5H3. The Morgan fingerprint density at radius 2 is 1.89 bits per heavy atom. The molecular formula is C16H30N2. The van der Waals surface area contributed by atoms with Crippen LogP contribution in [0, 0.1) is 5.92 Å². The molecule has 0 fully saturated rings. The third-order valence-corrected chi connectivity index (χ3v) is 3.98. The van der Waals surface area contributed by atoms with Crippen molar-refractivity contribution < 1.29 is 0 Å². The van der Waals surface area contributed by atoms with Gasteiger partial charge in [0.2, 0.25) is 0 Å². The minimum atomic E-state index is 0.585. The molecule has 2 nitrogen and oxygen atoms in total. The van der Waals surface area contributed by atoms with Crippen LogP contribution in [-0.4, -0.2) is 9.55 Å². The van der Waals surface area contributed by atoms with E-state index in [0.29, 0.717) is 17.9 Å². The zero-order valence-corrected chi connectivity index (χ0v) is 12.8. The SMILES string of the molecule is CCCCCC(C)n1ccnc1C(CC)C(C)C. The van der Waals surface area contributed by atoms with Crippen molar-refractivity contribution in [2.75, 3.05) is 0 Å². The van der Waals surface area contributed by atoms with Crippen LogP contribution in [0.4, 0.5) is 0 Å². The van der Waals surface area contributed by atoms with Crippen LogP contribution in [0.1, 0.15) is 84.5 Å². The van der Waals surface area contributed by atoms with Crippen LogP contribution in [-0.2, 0) is 0 Å². The second-order valence-corrected chi connectivity index (χ2v) is 5.80. The van der Waals surface area contributed by atoms with E-state index in [1.54, 1.807) is 0 Å². The normalized spacial score (nSPS) is 15.0. The fraction of sp³-hybridized carbons (Fsp3) is 0.812. The summed E-state index contributed by atoms with van der Waals surface area (Å²) in [4.78, 5) is 4.62.